The number of hydrogen-bond donors (Lipinski definition) is 1. The summed E-state index contributed by atoms with van der Waals surface area (Å²) in [6, 6.07) is 10.4. The third-order valence-electron chi connectivity index (χ3n) is 5.00. The summed E-state index contributed by atoms with van der Waals surface area (Å²) >= 11 is 0. The van der Waals surface area contributed by atoms with Crippen LogP contribution in [0.2, 0.25) is 0 Å². The van der Waals surface area contributed by atoms with Crippen LogP contribution in [0.4, 0.5) is 0 Å². The second-order valence-electron chi connectivity index (χ2n) is 6.87. The smallest absolute Gasteiger partial charge is 0.242 e. The number of benzene rings is 1. The summed E-state index contributed by atoms with van der Waals surface area (Å²) in [4.78, 5) is 21.0. The molecule has 6 nitrogen and oxygen atoms in total. The Morgan fingerprint density at radius 3 is 2.56 bits per heavy atom. The van der Waals surface area contributed by atoms with Gasteiger partial charge in [-0.1, -0.05) is 30.3 Å². The molecule has 1 N–H and O–H groups in total. The Balaban J connectivity index is 2.02. The summed E-state index contributed by atoms with van der Waals surface area (Å²) < 4.78 is 5.97. The van der Waals surface area contributed by atoms with E-state index >= 15 is 0 Å². The SMILES string of the molecule is CCNC(=NCC1CCOC1c1ccccc1)N(C)CC(=O)N(CC)CC. The van der Waals surface area contributed by atoms with E-state index in [1.165, 1.54) is 5.56 Å². The minimum atomic E-state index is 0.0976. The van der Waals surface area contributed by atoms with Gasteiger partial charge in [0.1, 0.15) is 0 Å². The van der Waals surface area contributed by atoms with Gasteiger partial charge < -0.3 is 19.9 Å². The molecule has 0 spiro atoms. The monoisotopic (exact) mass is 374 g/mol. The van der Waals surface area contributed by atoms with Gasteiger partial charge in [0.25, 0.3) is 0 Å². The van der Waals surface area contributed by atoms with Gasteiger partial charge in [0.15, 0.2) is 5.96 Å². The van der Waals surface area contributed by atoms with E-state index in [9.17, 15) is 4.79 Å². The first-order valence-electron chi connectivity index (χ1n) is 10.0. The summed E-state index contributed by atoms with van der Waals surface area (Å²) in [7, 11) is 1.92. The van der Waals surface area contributed by atoms with Crippen LogP contribution < -0.4 is 5.32 Å². The molecule has 0 aliphatic carbocycles. The van der Waals surface area contributed by atoms with Crippen molar-refractivity contribution >= 4 is 11.9 Å². The first-order valence-corrected chi connectivity index (χ1v) is 10.0. The fourth-order valence-corrected chi connectivity index (χ4v) is 3.46. The van der Waals surface area contributed by atoms with Crippen LogP contribution in [0.3, 0.4) is 0 Å². The quantitative estimate of drug-likeness (QED) is 0.561. The van der Waals surface area contributed by atoms with Crippen molar-refractivity contribution in [2.75, 3.05) is 46.4 Å². The van der Waals surface area contributed by atoms with E-state index < -0.39 is 0 Å². The van der Waals surface area contributed by atoms with Gasteiger partial charge in [-0.2, -0.15) is 0 Å². The number of hydrogen-bond acceptors (Lipinski definition) is 3. The molecule has 1 aliphatic heterocycles. The minimum absolute atomic E-state index is 0.0976. The molecule has 1 amide bonds. The molecular weight excluding hydrogens is 340 g/mol. The zero-order valence-electron chi connectivity index (χ0n) is 17.1. The summed E-state index contributed by atoms with van der Waals surface area (Å²) in [6.07, 6.45) is 1.10. The van der Waals surface area contributed by atoms with Crippen molar-refractivity contribution in [2.24, 2.45) is 10.9 Å². The predicted octanol–water partition coefficient (Wildman–Crippen LogP) is 2.53. The molecule has 0 aromatic heterocycles. The third kappa shape index (κ3) is 5.96. The highest BCUT2D eigenvalue weighted by Crippen LogP contribution is 2.34. The van der Waals surface area contributed by atoms with Crippen LogP contribution in [-0.4, -0.2) is 68.0 Å². The van der Waals surface area contributed by atoms with Crippen LogP contribution in [0.15, 0.2) is 35.3 Å². The standard InChI is InChI=1S/C21H34N4O2/c1-5-22-21(24(4)16-19(26)25(6-2)7-3)23-15-18-13-14-27-20(18)17-11-9-8-10-12-17/h8-12,18,20H,5-7,13-16H2,1-4H3,(H,22,23). The lowest BCUT2D eigenvalue weighted by atomic mass is 9.95. The zero-order chi connectivity index (χ0) is 19.6. The van der Waals surface area contributed by atoms with Crippen LogP contribution >= 0.6 is 0 Å². The molecule has 2 rings (SSSR count). The van der Waals surface area contributed by atoms with E-state index in [0.29, 0.717) is 19.0 Å². The molecule has 6 heteroatoms. The van der Waals surface area contributed by atoms with Gasteiger partial charge >= 0.3 is 0 Å². The average molecular weight is 375 g/mol. The predicted molar refractivity (Wildman–Crippen MR) is 110 cm³/mol. The number of aliphatic imine (C=N–C) groups is 1. The zero-order valence-corrected chi connectivity index (χ0v) is 17.1. The van der Waals surface area contributed by atoms with Crippen molar-refractivity contribution in [3.8, 4) is 0 Å². The fourth-order valence-electron chi connectivity index (χ4n) is 3.46. The molecular formula is C21H34N4O2. The van der Waals surface area contributed by atoms with E-state index in [2.05, 4.69) is 17.4 Å². The van der Waals surface area contributed by atoms with Gasteiger partial charge in [-0.3, -0.25) is 9.79 Å². The first kappa shape index (κ1) is 21.2. The van der Waals surface area contributed by atoms with Gasteiger partial charge in [-0.15, -0.1) is 0 Å². The van der Waals surface area contributed by atoms with Crippen LogP contribution in [0, 0.1) is 5.92 Å². The number of carbonyl (C=O) groups is 1. The van der Waals surface area contributed by atoms with E-state index in [1.54, 1.807) is 0 Å². The lowest BCUT2D eigenvalue weighted by molar-refractivity contribution is -0.131. The molecule has 1 saturated heterocycles. The second kappa shape index (κ2) is 10.9. The first-order chi connectivity index (χ1) is 13.1. The van der Waals surface area contributed by atoms with E-state index in [-0.39, 0.29) is 12.0 Å². The molecule has 0 bridgehead atoms. The average Bonchev–Trinajstić information content (AvgIpc) is 3.15. The third-order valence-corrected chi connectivity index (χ3v) is 5.00. The number of amides is 1. The molecule has 1 aliphatic rings. The molecule has 1 fully saturated rings. The number of likely N-dealkylation sites (N-methyl/N-ethyl adjacent to an activating group) is 2. The minimum Gasteiger partial charge on any atom is -0.373 e. The van der Waals surface area contributed by atoms with E-state index in [1.807, 2.05) is 55.8 Å². The van der Waals surface area contributed by atoms with Crippen molar-refractivity contribution in [1.29, 1.82) is 0 Å². The number of rotatable bonds is 8. The molecule has 2 unspecified atom stereocenters. The lowest BCUT2D eigenvalue weighted by Crippen LogP contribution is -2.45. The summed E-state index contributed by atoms with van der Waals surface area (Å²) in [6.45, 7) is 10.1. The van der Waals surface area contributed by atoms with E-state index in [4.69, 9.17) is 9.73 Å². The second-order valence-corrected chi connectivity index (χ2v) is 6.87. The highest BCUT2D eigenvalue weighted by atomic mass is 16.5. The van der Waals surface area contributed by atoms with Gasteiger partial charge in [-0.25, -0.2) is 0 Å². The lowest BCUT2D eigenvalue weighted by Gasteiger charge is -2.26. The molecule has 150 valence electrons. The maximum atomic E-state index is 12.4. The van der Waals surface area contributed by atoms with Crippen molar-refractivity contribution in [3.05, 3.63) is 35.9 Å². The molecule has 27 heavy (non-hydrogen) atoms. The number of guanidine groups is 1. The number of ether oxygens (including phenoxy) is 1. The Bertz CT molecular complexity index is 601. The largest absolute Gasteiger partial charge is 0.373 e. The van der Waals surface area contributed by atoms with Crippen LogP contribution in [-0.2, 0) is 9.53 Å². The molecule has 0 saturated carbocycles. The summed E-state index contributed by atoms with van der Waals surface area (Å²) in [5, 5.41) is 3.31. The van der Waals surface area contributed by atoms with Crippen LogP contribution in [0.5, 0.6) is 0 Å². The van der Waals surface area contributed by atoms with E-state index in [0.717, 1.165) is 38.6 Å². The number of nitrogens with one attached hydrogen (secondary N) is 1. The Morgan fingerprint density at radius 2 is 1.93 bits per heavy atom. The van der Waals surface area contributed by atoms with Gasteiger partial charge in [0.05, 0.1) is 12.6 Å². The Hall–Kier alpha value is -2.08. The van der Waals surface area contributed by atoms with Gasteiger partial charge in [0.2, 0.25) is 5.91 Å². The van der Waals surface area contributed by atoms with Gasteiger partial charge in [-0.05, 0) is 32.8 Å². The maximum absolute atomic E-state index is 12.4. The molecule has 1 aromatic carbocycles. The highest BCUT2D eigenvalue weighted by molar-refractivity contribution is 5.86. The van der Waals surface area contributed by atoms with Crippen molar-refractivity contribution in [3.63, 3.8) is 0 Å². The Kier molecular flexibility index (Phi) is 8.58. The molecule has 1 aromatic rings. The number of carbonyl (C=O) groups excluding carboxylic acids is 1. The summed E-state index contributed by atoms with van der Waals surface area (Å²) in [5.74, 6) is 1.25. The maximum Gasteiger partial charge on any atom is 0.242 e. The summed E-state index contributed by atoms with van der Waals surface area (Å²) in [5.41, 5.74) is 1.21. The molecule has 2 atom stereocenters. The van der Waals surface area contributed by atoms with Gasteiger partial charge in [0, 0.05) is 45.8 Å². The Morgan fingerprint density at radius 1 is 1.22 bits per heavy atom. The van der Waals surface area contributed by atoms with Crippen LogP contribution in [0.1, 0.15) is 38.9 Å². The van der Waals surface area contributed by atoms with Crippen LogP contribution in [0.25, 0.3) is 0 Å². The molecule has 1 heterocycles. The number of nitrogens with zero attached hydrogens (tertiary/aromatic N) is 3. The normalized spacial score (nSPS) is 19.8. The topological polar surface area (TPSA) is 57.2 Å². The Labute approximate surface area is 163 Å². The van der Waals surface area contributed by atoms with Crippen molar-refractivity contribution < 1.29 is 9.53 Å². The highest BCUT2D eigenvalue weighted by Gasteiger charge is 2.29. The fraction of sp³-hybridized carbons (Fsp3) is 0.619. The molecule has 0 radical (unpaired) electrons. The van der Waals surface area contributed by atoms with Crippen molar-refractivity contribution in [2.45, 2.75) is 33.3 Å². The van der Waals surface area contributed by atoms with Crippen molar-refractivity contribution in [1.82, 2.24) is 15.1 Å².